The van der Waals surface area contributed by atoms with Gasteiger partial charge in [0.15, 0.2) is 0 Å². The maximum atomic E-state index is 12.6. The fourth-order valence-corrected chi connectivity index (χ4v) is 4.39. The molecule has 1 fully saturated rings. The van der Waals surface area contributed by atoms with Crippen LogP contribution in [0.3, 0.4) is 0 Å². The molecule has 1 heterocycles. The van der Waals surface area contributed by atoms with E-state index in [0.29, 0.717) is 31.3 Å². The van der Waals surface area contributed by atoms with Crippen LogP contribution in [0.15, 0.2) is 23.1 Å². The zero-order chi connectivity index (χ0) is 14.8. The summed E-state index contributed by atoms with van der Waals surface area (Å²) < 4.78 is 31.7. The van der Waals surface area contributed by atoms with Crippen molar-refractivity contribution in [3.63, 3.8) is 0 Å². The molecular weight excluding hydrogens is 300 g/mol. The van der Waals surface area contributed by atoms with E-state index in [2.05, 4.69) is 0 Å². The smallest absolute Gasteiger partial charge is 0.244 e. The molecule has 0 atom stereocenters. The van der Waals surface area contributed by atoms with Crippen LogP contribution in [0.4, 0.5) is 5.69 Å². The molecule has 0 radical (unpaired) electrons. The summed E-state index contributed by atoms with van der Waals surface area (Å²) in [5.74, 6) is 0.419. The van der Waals surface area contributed by atoms with Gasteiger partial charge in [-0.1, -0.05) is 11.6 Å². The van der Waals surface area contributed by atoms with Gasteiger partial charge in [-0.15, -0.1) is 0 Å². The third-order valence-corrected chi connectivity index (χ3v) is 5.93. The highest BCUT2D eigenvalue weighted by atomic mass is 35.5. The van der Waals surface area contributed by atoms with Gasteiger partial charge in [-0.05, 0) is 37.0 Å². The van der Waals surface area contributed by atoms with Crippen LogP contribution in [0.1, 0.15) is 12.8 Å². The molecule has 1 saturated heterocycles. The topological polar surface area (TPSA) is 72.6 Å². The lowest BCUT2D eigenvalue weighted by molar-refractivity contribution is 0.121. The van der Waals surface area contributed by atoms with Crippen LogP contribution < -0.4 is 5.73 Å². The molecule has 1 aromatic rings. The van der Waals surface area contributed by atoms with E-state index in [1.165, 1.54) is 16.4 Å². The van der Waals surface area contributed by atoms with Crippen molar-refractivity contribution in [3.05, 3.63) is 23.2 Å². The van der Waals surface area contributed by atoms with Gasteiger partial charge in [0.1, 0.15) is 4.90 Å². The molecule has 2 N–H and O–H groups in total. The van der Waals surface area contributed by atoms with Crippen LogP contribution in [0, 0.1) is 5.92 Å². The molecule has 5 nitrogen and oxygen atoms in total. The number of rotatable bonds is 4. The molecule has 1 aromatic carbocycles. The van der Waals surface area contributed by atoms with Crippen molar-refractivity contribution < 1.29 is 13.2 Å². The summed E-state index contributed by atoms with van der Waals surface area (Å²) >= 11 is 6.00. The van der Waals surface area contributed by atoms with Gasteiger partial charge in [0.25, 0.3) is 0 Å². The molecule has 0 aromatic heterocycles. The Labute approximate surface area is 124 Å². The van der Waals surface area contributed by atoms with E-state index >= 15 is 0 Å². The first-order valence-corrected chi connectivity index (χ1v) is 8.31. The normalized spacial score (nSPS) is 18.3. The van der Waals surface area contributed by atoms with Crippen molar-refractivity contribution >= 4 is 27.3 Å². The van der Waals surface area contributed by atoms with Crippen molar-refractivity contribution in [1.82, 2.24) is 4.31 Å². The van der Waals surface area contributed by atoms with Crippen LogP contribution in [-0.2, 0) is 14.8 Å². The number of halogens is 1. The van der Waals surface area contributed by atoms with Gasteiger partial charge >= 0.3 is 0 Å². The number of methoxy groups -OCH3 is 1. The first kappa shape index (κ1) is 15.6. The number of anilines is 1. The van der Waals surface area contributed by atoms with Gasteiger partial charge in [-0.2, -0.15) is 4.31 Å². The Hall–Kier alpha value is -0.820. The van der Waals surface area contributed by atoms with E-state index in [-0.39, 0.29) is 9.92 Å². The average molecular weight is 319 g/mol. The molecule has 2 rings (SSSR count). The average Bonchev–Trinajstić information content (AvgIpc) is 2.42. The van der Waals surface area contributed by atoms with Gasteiger partial charge in [-0.25, -0.2) is 8.42 Å². The lowest BCUT2D eigenvalue weighted by atomic mass is 9.99. The molecule has 0 spiro atoms. The summed E-state index contributed by atoms with van der Waals surface area (Å²) in [7, 11) is -1.91. The monoisotopic (exact) mass is 318 g/mol. The first-order valence-electron chi connectivity index (χ1n) is 6.49. The highest BCUT2D eigenvalue weighted by Gasteiger charge is 2.30. The fraction of sp³-hybridized carbons (Fsp3) is 0.538. The molecule has 0 aliphatic carbocycles. The second-order valence-corrected chi connectivity index (χ2v) is 7.31. The van der Waals surface area contributed by atoms with Gasteiger partial charge in [-0.3, -0.25) is 0 Å². The molecule has 20 heavy (non-hydrogen) atoms. The number of hydrogen-bond acceptors (Lipinski definition) is 4. The quantitative estimate of drug-likeness (QED) is 0.861. The van der Waals surface area contributed by atoms with Crippen molar-refractivity contribution in [2.75, 3.05) is 32.5 Å². The number of hydrogen-bond donors (Lipinski definition) is 1. The maximum Gasteiger partial charge on any atom is 0.244 e. The minimum absolute atomic E-state index is 0.0874. The number of nitrogens with two attached hydrogens (primary N) is 1. The van der Waals surface area contributed by atoms with E-state index in [1.54, 1.807) is 13.2 Å². The molecule has 1 aliphatic rings. The zero-order valence-corrected chi connectivity index (χ0v) is 13.0. The lowest BCUT2D eigenvalue weighted by Crippen LogP contribution is -2.39. The summed E-state index contributed by atoms with van der Waals surface area (Å²) in [6.45, 7) is 1.65. The first-order chi connectivity index (χ1) is 9.45. The molecule has 1 aliphatic heterocycles. The molecule has 0 amide bonds. The summed E-state index contributed by atoms with van der Waals surface area (Å²) in [6.07, 6.45) is 1.60. The van der Waals surface area contributed by atoms with Gasteiger partial charge in [0.05, 0.1) is 5.02 Å². The highest BCUT2D eigenvalue weighted by Crippen LogP contribution is 2.29. The van der Waals surface area contributed by atoms with Crippen LogP contribution >= 0.6 is 11.6 Å². The molecule has 0 unspecified atom stereocenters. The Morgan fingerprint density at radius 3 is 2.65 bits per heavy atom. The van der Waals surface area contributed by atoms with Crippen molar-refractivity contribution in [1.29, 1.82) is 0 Å². The van der Waals surface area contributed by atoms with Crippen LogP contribution in [0.5, 0.6) is 0 Å². The molecule has 112 valence electrons. The van der Waals surface area contributed by atoms with Gasteiger partial charge in [0.2, 0.25) is 10.0 Å². The molecule has 7 heteroatoms. The summed E-state index contributed by atoms with van der Waals surface area (Å²) in [6, 6.07) is 4.52. The number of ether oxygens (including phenoxy) is 1. The third kappa shape index (κ3) is 3.25. The SMILES string of the molecule is COCC1CCN(S(=O)(=O)c2cc(N)ccc2Cl)CC1. The zero-order valence-electron chi connectivity index (χ0n) is 11.4. The number of nitrogens with zero attached hydrogens (tertiary/aromatic N) is 1. The van der Waals surface area contributed by atoms with E-state index in [9.17, 15) is 8.42 Å². The minimum Gasteiger partial charge on any atom is -0.399 e. The maximum absolute atomic E-state index is 12.6. The minimum atomic E-state index is -3.57. The Balaban J connectivity index is 2.18. The lowest BCUT2D eigenvalue weighted by Gasteiger charge is -2.31. The van der Waals surface area contributed by atoms with E-state index in [1.807, 2.05) is 0 Å². The number of benzene rings is 1. The Bertz CT molecular complexity index is 569. The molecule has 0 bridgehead atoms. The predicted molar refractivity (Wildman–Crippen MR) is 79.2 cm³/mol. The van der Waals surface area contributed by atoms with Crippen LogP contribution in [0.2, 0.25) is 5.02 Å². The Kier molecular flexibility index (Phi) is 4.90. The largest absolute Gasteiger partial charge is 0.399 e. The Morgan fingerprint density at radius 2 is 2.05 bits per heavy atom. The summed E-state index contributed by atoms with van der Waals surface area (Å²) in [5.41, 5.74) is 6.05. The highest BCUT2D eigenvalue weighted by molar-refractivity contribution is 7.89. The summed E-state index contributed by atoms with van der Waals surface area (Å²) in [4.78, 5) is 0.0874. The van der Waals surface area contributed by atoms with Crippen LogP contribution in [0.25, 0.3) is 0 Å². The second kappa shape index (κ2) is 6.30. The van der Waals surface area contributed by atoms with Crippen LogP contribution in [-0.4, -0.2) is 39.5 Å². The van der Waals surface area contributed by atoms with Gasteiger partial charge < -0.3 is 10.5 Å². The van der Waals surface area contributed by atoms with Gasteiger partial charge in [0, 0.05) is 32.5 Å². The summed E-state index contributed by atoms with van der Waals surface area (Å²) in [5, 5.41) is 0.207. The third-order valence-electron chi connectivity index (χ3n) is 3.55. The predicted octanol–water partition coefficient (Wildman–Crippen LogP) is 1.97. The van der Waals surface area contributed by atoms with Crippen molar-refractivity contribution in [2.45, 2.75) is 17.7 Å². The molecule has 0 saturated carbocycles. The van der Waals surface area contributed by atoms with Crippen molar-refractivity contribution in [2.24, 2.45) is 5.92 Å². The number of nitrogen functional groups attached to an aromatic ring is 1. The standard InChI is InChI=1S/C13H19ClN2O3S/c1-19-9-10-4-6-16(7-5-10)20(17,18)13-8-11(15)2-3-12(13)14/h2-3,8,10H,4-7,9,15H2,1H3. The van der Waals surface area contributed by atoms with E-state index in [4.69, 9.17) is 22.1 Å². The fourth-order valence-electron chi connectivity index (χ4n) is 2.41. The van der Waals surface area contributed by atoms with E-state index in [0.717, 1.165) is 12.8 Å². The molecular formula is C13H19ClN2O3S. The van der Waals surface area contributed by atoms with E-state index < -0.39 is 10.0 Å². The van der Waals surface area contributed by atoms with Crippen molar-refractivity contribution in [3.8, 4) is 0 Å². The number of piperidine rings is 1. The Morgan fingerprint density at radius 1 is 1.40 bits per heavy atom. The second-order valence-electron chi connectivity index (χ2n) is 4.99. The number of sulfonamides is 1.